The summed E-state index contributed by atoms with van der Waals surface area (Å²) in [6.45, 7) is 6.86. The van der Waals surface area contributed by atoms with Crippen LogP contribution in [0.15, 0.2) is 0 Å². The molecule has 0 spiro atoms. The first-order valence-corrected chi connectivity index (χ1v) is 4.95. The Balaban J connectivity index is 4.21. The molecule has 0 aromatic carbocycles. The van der Waals surface area contributed by atoms with E-state index in [-0.39, 0.29) is 11.3 Å². The van der Waals surface area contributed by atoms with Gasteiger partial charge in [-0.25, -0.2) is 0 Å². The molecule has 0 bridgehead atoms. The third-order valence-electron chi connectivity index (χ3n) is 1.44. The van der Waals surface area contributed by atoms with Gasteiger partial charge in [0.25, 0.3) is 0 Å². The summed E-state index contributed by atoms with van der Waals surface area (Å²) in [5, 5.41) is 0. The van der Waals surface area contributed by atoms with Crippen molar-refractivity contribution < 1.29 is 9.46 Å². The van der Waals surface area contributed by atoms with Crippen LogP contribution in [0.1, 0.15) is 27.7 Å². The summed E-state index contributed by atoms with van der Waals surface area (Å²) in [5.41, 5.74) is -0.421. The van der Waals surface area contributed by atoms with Crippen LogP contribution in [0.2, 0.25) is 0 Å². The van der Waals surface area contributed by atoms with Crippen LogP contribution in [0.4, 0.5) is 0 Å². The molecule has 0 fully saturated rings. The van der Waals surface area contributed by atoms with Crippen molar-refractivity contribution >= 4 is 7.37 Å². The lowest BCUT2D eigenvalue weighted by molar-refractivity contribution is -0.178. The van der Waals surface area contributed by atoms with Crippen LogP contribution in [-0.4, -0.2) is 11.3 Å². The van der Waals surface area contributed by atoms with E-state index in [1.165, 1.54) is 0 Å². The predicted octanol–water partition coefficient (Wildman–Crippen LogP) is 1.44. The summed E-state index contributed by atoms with van der Waals surface area (Å²) in [7, 11) is -3.09. The first kappa shape index (κ1) is 9.19. The minimum absolute atomic E-state index is 0.211. The lowest BCUT2D eigenvalue weighted by Gasteiger charge is -2.31. The Morgan fingerprint density at radius 2 is 1.33 bits per heavy atom. The molecule has 0 aromatic heterocycles. The summed E-state index contributed by atoms with van der Waals surface area (Å²) in [4.78, 5) is 11.1. The van der Waals surface area contributed by atoms with E-state index in [1.54, 1.807) is 27.7 Å². The van der Waals surface area contributed by atoms with Crippen LogP contribution in [0.25, 0.3) is 0 Å². The van der Waals surface area contributed by atoms with Gasteiger partial charge in [-0.1, -0.05) is 27.7 Å². The molecule has 0 heterocycles. The molecule has 0 atom stereocenters. The highest BCUT2D eigenvalue weighted by molar-refractivity contribution is 7.57. The molecule has 0 rings (SSSR count). The average molecular weight is 149 g/mol. The monoisotopic (exact) mass is 149 g/mol. The Kier molecular flexibility index (Phi) is 2.91. The van der Waals surface area contributed by atoms with Crippen LogP contribution in [-0.2, 0) is 4.57 Å². The second-order valence-corrected chi connectivity index (χ2v) is 6.19. The molecule has 0 radical (unpaired) electrons. The first-order chi connectivity index (χ1) is 3.89. The lowest BCUT2D eigenvalue weighted by atomic mass is 10.5. The van der Waals surface area contributed by atoms with Crippen LogP contribution in [0.5, 0.6) is 0 Å². The summed E-state index contributed by atoms with van der Waals surface area (Å²) in [5.74, 6) is 0. The zero-order valence-corrected chi connectivity index (χ0v) is 7.31. The molecule has 9 heavy (non-hydrogen) atoms. The molecular formula is C6H14O2P-. The Morgan fingerprint density at radius 3 is 1.33 bits per heavy atom. The van der Waals surface area contributed by atoms with Crippen LogP contribution < -0.4 is 4.89 Å². The number of hydrogen-bond acceptors (Lipinski definition) is 2. The van der Waals surface area contributed by atoms with Gasteiger partial charge in [0.05, 0.1) is 0 Å². The van der Waals surface area contributed by atoms with Crippen LogP contribution in [0, 0.1) is 0 Å². The molecule has 2 nitrogen and oxygen atoms in total. The average Bonchev–Trinajstić information content (AvgIpc) is 1.65. The molecule has 0 aliphatic carbocycles. The number of hydrogen-bond donors (Lipinski definition) is 0. The van der Waals surface area contributed by atoms with Crippen molar-refractivity contribution in [2.75, 3.05) is 0 Å². The Bertz CT molecular complexity index is 117. The molecular weight excluding hydrogens is 135 g/mol. The molecule has 3 heteroatoms. The van der Waals surface area contributed by atoms with Gasteiger partial charge in [0.1, 0.15) is 0 Å². The van der Waals surface area contributed by atoms with Gasteiger partial charge in [0.2, 0.25) is 0 Å². The smallest absolute Gasteiger partial charge is 0.0197 e. The van der Waals surface area contributed by atoms with Crippen LogP contribution >= 0.6 is 7.37 Å². The van der Waals surface area contributed by atoms with Gasteiger partial charge >= 0.3 is 0 Å². The number of rotatable bonds is 2. The van der Waals surface area contributed by atoms with E-state index in [1.807, 2.05) is 0 Å². The minimum Gasteiger partial charge on any atom is -0.799 e. The lowest BCUT2D eigenvalue weighted by Crippen LogP contribution is -2.18. The third kappa shape index (κ3) is 2.11. The van der Waals surface area contributed by atoms with Crippen molar-refractivity contribution in [3.8, 4) is 0 Å². The third-order valence-corrected chi connectivity index (χ3v) is 4.32. The standard InChI is InChI=1S/C6H15O2P/c1-5(2)9(7,8)6(3)4/h5-6H,1-4H3,(H,7,8)/p-1. The van der Waals surface area contributed by atoms with E-state index >= 15 is 0 Å². The summed E-state index contributed by atoms with van der Waals surface area (Å²) in [6.07, 6.45) is 0. The van der Waals surface area contributed by atoms with Crippen molar-refractivity contribution in [2.45, 2.75) is 39.0 Å². The SMILES string of the molecule is CC(C)P(=O)([O-])C(C)C. The normalized spacial score (nSPS) is 13.2. The zero-order valence-electron chi connectivity index (χ0n) is 6.42. The van der Waals surface area contributed by atoms with Crippen molar-refractivity contribution in [2.24, 2.45) is 0 Å². The molecule has 56 valence electrons. The van der Waals surface area contributed by atoms with E-state index < -0.39 is 7.37 Å². The first-order valence-electron chi connectivity index (χ1n) is 3.19. The molecule has 0 aliphatic rings. The van der Waals surface area contributed by atoms with Gasteiger partial charge in [-0.2, -0.15) is 0 Å². The summed E-state index contributed by atoms with van der Waals surface area (Å²) < 4.78 is 11.1. The predicted molar refractivity (Wildman–Crippen MR) is 37.9 cm³/mol. The Morgan fingerprint density at radius 1 is 1.11 bits per heavy atom. The van der Waals surface area contributed by atoms with Crippen LogP contribution in [0.3, 0.4) is 0 Å². The van der Waals surface area contributed by atoms with Gasteiger partial charge in [-0.3, -0.25) is 0 Å². The zero-order chi connectivity index (χ0) is 7.65. The van der Waals surface area contributed by atoms with Gasteiger partial charge in [0, 0.05) is 7.37 Å². The Labute approximate surface area is 56.7 Å². The van der Waals surface area contributed by atoms with E-state index in [0.29, 0.717) is 0 Å². The molecule has 0 saturated carbocycles. The quantitative estimate of drug-likeness (QED) is 0.557. The maximum Gasteiger partial charge on any atom is 0.0197 e. The van der Waals surface area contributed by atoms with E-state index in [4.69, 9.17) is 0 Å². The molecule has 0 aliphatic heterocycles. The topological polar surface area (TPSA) is 40.1 Å². The minimum atomic E-state index is -3.09. The maximum absolute atomic E-state index is 11.1. The molecule has 0 unspecified atom stereocenters. The highest BCUT2D eigenvalue weighted by Crippen LogP contribution is 2.45. The molecule has 0 aromatic rings. The maximum atomic E-state index is 11.1. The fourth-order valence-corrected chi connectivity index (χ4v) is 1.79. The van der Waals surface area contributed by atoms with E-state index in [0.717, 1.165) is 0 Å². The summed E-state index contributed by atoms with van der Waals surface area (Å²) >= 11 is 0. The van der Waals surface area contributed by atoms with E-state index in [2.05, 4.69) is 0 Å². The van der Waals surface area contributed by atoms with Crippen molar-refractivity contribution in [3.63, 3.8) is 0 Å². The molecule has 0 saturated heterocycles. The van der Waals surface area contributed by atoms with Gasteiger partial charge in [-0.15, -0.1) is 0 Å². The molecule has 0 amide bonds. The fourth-order valence-electron chi connectivity index (χ4n) is 0.596. The second kappa shape index (κ2) is 2.85. The second-order valence-electron chi connectivity index (χ2n) is 2.83. The fraction of sp³-hybridized carbons (Fsp3) is 1.00. The summed E-state index contributed by atoms with van der Waals surface area (Å²) in [6, 6.07) is 0. The largest absolute Gasteiger partial charge is 0.799 e. The highest BCUT2D eigenvalue weighted by atomic mass is 31.2. The van der Waals surface area contributed by atoms with Gasteiger partial charge in [-0.05, 0) is 11.3 Å². The van der Waals surface area contributed by atoms with Crippen molar-refractivity contribution in [3.05, 3.63) is 0 Å². The Hall–Kier alpha value is 0.190. The van der Waals surface area contributed by atoms with Gasteiger partial charge in [0.15, 0.2) is 0 Å². The van der Waals surface area contributed by atoms with Crippen molar-refractivity contribution in [1.82, 2.24) is 0 Å². The molecule has 0 N–H and O–H groups in total. The van der Waals surface area contributed by atoms with E-state index in [9.17, 15) is 9.46 Å². The van der Waals surface area contributed by atoms with Gasteiger partial charge < -0.3 is 9.46 Å². The highest BCUT2D eigenvalue weighted by Gasteiger charge is 2.16. The van der Waals surface area contributed by atoms with Crippen molar-refractivity contribution in [1.29, 1.82) is 0 Å².